The van der Waals surface area contributed by atoms with E-state index < -0.39 is 0 Å². The van der Waals surface area contributed by atoms with Crippen molar-refractivity contribution in [3.63, 3.8) is 0 Å². The number of nitrogens with zero attached hydrogens (tertiary/aromatic N) is 3. The second-order valence-electron chi connectivity index (χ2n) is 4.04. The first-order chi connectivity index (χ1) is 8.06. The van der Waals surface area contributed by atoms with Crippen molar-refractivity contribution in [3.05, 3.63) is 28.5 Å². The highest BCUT2D eigenvalue weighted by atomic mass is 79.9. The highest BCUT2D eigenvalue weighted by Crippen LogP contribution is 2.17. The summed E-state index contributed by atoms with van der Waals surface area (Å²) in [6.07, 6.45) is 5.99. The van der Waals surface area contributed by atoms with E-state index in [1.807, 2.05) is 27.1 Å². The molecule has 5 heteroatoms. The van der Waals surface area contributed by atoms with Gasteiger partial charge in [-0.25, -0.2) is 0 Å². The predicted molar refractivity (Wildman–Crippen MR) is 72.2 cm³/mol. The summed E-state index contributed by atoms with van der Waals surface area (Å²) in [5, 5.41) is 4.21. The maximum atomic E-state index is 12.0. The molecule has 0 spiro atoms. The van der Waals surface area contributed by atoms with Gasteiger partial charge in [-0.15, -0.1) is 0 Å². The largest absolute Gasteiger partial charge is 0.308 e. The smallest absolute Gasteiger partial charge is 0.204 e. The number of carbonyl (C=O) groups is 1. The Hall–Kier alpha value is -0.940. The number of aromatic nitrogens is 2. The summed E-state index contributed by atoms with van der Waals surface area (Å²) in [4.78, 5) is 14.0. The monoisotopic (exact) mass is 299 g/mol. The van der Waals surface area contributed by atoms with Crippen LogP contribution in [-0.2, 0) is 6.54 Å². The molecule has 17 heavy (non-hydrogen) atoms. The average Bonchev–Trinajstić information content (AvgIpc) is 2.64. The molecule has 1 rings (SSSR count). The van der Waals surface area contributed by atoms with Gasteiger partial charge in [0.05, 0.1) is 17.2 Å². The van der Waals surface area contributed by atoms with Gasteiger partial charge in [0, 0.05) is 6.54 Å². The van der Waals surface area contributed by atoms with Gasteiger partial charge in [0.25, 0.3) is 0 Å². The topological polar surface area (TPSA) is 38.1 Å². The molecule has 0 aromatic carbocycles. The molecule has 0 aliphatic rings. The molecular formula is C12H18BrN3O. The van der Waals surface area contributed by atoms with E-state index in [4.69, 9.17) is 0 Å². The van der Waals surface area contributed by atoms with Gasteiger partial charge in [-0.1, -0.05) is 13.0 Å². The zero-order valence-corrected chi connectivity index (χ0v) is 12.1. The molecule has 0 atom stereocenters. The fourth-order valence-electron chi connectivity index (χ4n) is 1.38. The molecule has 0 saturated carbocycles. The third-order valence-corrected chi connectivity index (χ3v) is 2.87. The van der Waals surface area contributed by atoms with Crippen LogP contribution in [0.4, 0.5) is 0 Å². The molecule has 0 radical (unpaired) electrons. The lowest BCUT2D eigenvalue weighted by atomic mass is 10.2. The van der Waals surface area contributed by atoms with E-state index in [-0.39, 0.29) is 5.78 Å². The van der Waals surface area contributed by atoms with Crippen LogP contribution in [0.3, 0.4) is 0 Å². The summed E-state index contributed by atoms with van der Waals surface area (Å²) >= 11 is 3.37. The van der Waals surface area contributed by atoms with Gasteiger partial charge < -0.3 is 4.90 Å². The van der Waals surface area contributed by atoms with Crippen LogP contribution in [0.15, 0.2) is 22.8 Å². The second-order valence-corrected chi connectivity index (χ2v) is 4.90. The van der Waals surface area contributed by atoms with Crippen LogP contribution in [0.5, 0.6) is 0 Å². The Morgan fingerprint density at radius 2 is 2.29 bits per heavy atom. The van der Waals surface area contributed by atoms with Gasteiger partial charge in [0.1, 0.15) is 5.69 Å². The number of likely N-dealkylation sites (N-methyl/N-ethyl adjacent to an activating group) is 1. The minimum atomic E-state index is -0.00465. The SMILES string of the molecule is CC/C=C/C(=O)c1c(Br)cnn1CCN(C)C. The van der Waals surface area contributed by atoms with E-state index in [9.17, 15) is 4.79 Å². The minimum absolute atomic E-state index is 0.00465. The summed E-state index contributed by atoms with van der Waals surface area (Å²) in [5.74, 6) is -0.00465. The zero-order valence-electron chi connectivity index (χ0n) is 10.5. The standard InChI is InChI=1S/C12H18BrN3O/c1-4-5-6-11(17)12-10(13)9-14-16(12)8-7-15(2)3/h5-6,9H,4,7-8H2,1-3H3/b6-5+. The number of carbonyl (C=O) groups excluding carboxylic acids is 1. The molecule has 0 N–H and O–H groups in total. The fraction of sp³-hybridized carbons (Fsp3) is 0.500. The molecule has 0 amide bonds. The first-order valence-corrected chi connectivity index (χ1v) is 6.42. The van der Waals surface area contributed by atoms with E-state index >= 15 is 0 Å². The maximum Gasteiger partial charge on any atom is 0.204 e. The molecule has 1 aromatic heterocycles. The lowest BCUT2D eigenvalue weighted by Crippen LogP contribution is -2.21. The Bertz CT molecular complexity index is 410. The van der Waals surface area contributed by atoms with Gasteiger partial charge >= 0.3 is 0 Å². The lowest BCUT2D eigenvalue weighted by molar-refractivity contribution is 0.103. The Kier molecular flexibility index (Phi) is 5.58. The Morgan fingerprint density at radius 1 is 1.59 bits per heavy atom. The van der Waals surface area contributed by atoms with Crippen LogP contribution in [-0.4, -0.2) is 41.1 Å². The van der Waals surface area contributed by atoms with Crippen LogP contribution in [0.1, 0.15) is 23.8 Å². The summed E-state index contributed by atoms with van der Waals surface area (Å²) in [6.45, 7) is 3.56. The molecule has 94 valence electrons. The van der Waals surface area contributed by atoms with E-state index in [0.29, 0.717) is 12.2 Å². The summed E-state index contributed by atoms with van der Waals surface area (Å²) in [7, 11) is 3.99. The van der Waals surface area contributed by atoms with Crippen molar-refractivity contribution in [2.75, 3.05) is 20.6 Å². The zero-order chi connectivity index (χ0) is 12.8. The van der Waals surface area contributed by atoms with Gasteiger partial charge in [-0.05, 0) is 42.5 Å². The third-order valence-electron chi connectivity index (χ3n) is 2.29. The highest BCUT2D eigenvalue weighted by molar-refractivity contribution is 9.10. The van der Waals surface area contributed by atoms with Crippen molar-refractivity contribution in [1.29, 1.82) is 0 Å². The van der Waals surface area contributed by atoms with Gasteiger partial charge in [0.15, 0.2) is 0 Å². The molecule has 4 nitrogen and oxygen atoms in total. The molecule has 0 unspecified atom stereocenters. The molecule has 0 aliphatic heterocycles. The van der Waals surface area contributed by atoms with Crippen molar-refractivity contribution < 1.29 is 4.79 Å². The fourth-order valence-corrected chi connectivity index (χ4v) is 1.87. The summed E-state index contributed by atoms with van der Waals surface area (Å²) in [5.41, 5.74) is 0.622. The van der Waals surface area contributed by atoms with Crippen LogP contribution in [0.2, 0.25) is 0 Å². The average molecular weight is 300 g/mol. The van der Waals surface area contributed by atoms with E-state index in [0.717, 1.165) is 17.4 Å². The quantitative estimate of drug-likeness (QED) is 0.598. The molecule has 0 bridgehead atoms. The van der Waals surface area contributed by atoms with Crippen LogP contribution in [0, 0.1) is 0 Å². The van der Waals surface area contributed by atoms with Gasteiger partial charge in [-0.3, -0.25) is 9.48 Å². The molecule has 1 aromatic rings. The second kappa shape index (κ2) is 6.71. The first kappa shape index (κ1) is 14.1. The molecule has 1 heterocycles. The Morgan fingerprint density at radius 3 is 2.88 bits per heavy atom. The molecule has 0 saturated heterocycles. The van der Waals surface area contributed by atoms with Gasteiger partial charge in [0.2, 0.25) is 5.78 Å². The third kappa shape index (κ3) is 4.09. The Balaban J connectivity index is 2.86. The highest BCUT2D eigenvalue weighted by Gasteiger charge is 2.14. The normalized spacial score (nSPS) is 11.6. The van der Waals surface area contributed by atoms with E-state index in [1.165, 1.54) is 0 Å². The molecular weight excluding hydrogens is 282 g/mol. The number of hydrogen-bond acceptors (Lipinski definition) is 3. The Labute approximate surface area is 110 Å². The van der Waals surface area contributed by atoms with E-state index in [2.05, 4.69) is 25.9 Å². The first-order valence-electron chi connectivity index (χ1n) is 5.63. The predicted octanol–water partition coefficient (Wildman–Crippen LogP) is 2.36. The number of rotatable bonds is 6. The maximum absolute atomic E-state index is 12.0. The lowest BCUT2D eigenvalue weighted by Gasteiger charge is -2.10. The number of hydrogen-bond donors (Lipinski definition) is 0. The van der Waals surface area contributed by atoms with Crippen LogP contribution >= 0.6 is 15.9 Å². The minimum Gasteiger partial charge on any atom is -0.308 e. The van der Waals surface area contributed by atoms with Crippen molar-refractivity contribution in [3.8, 4) is 0 Å². The summed E-state index contributed by atoms with van der Waals surface area (Å²) in [6, 6.07) is 0. The van der Waals surface area contributed by atoms with E-state index in [1.54, 1.807) is 17.0 Å². The van der Waals surface area contributed by atoms with Crippen molar-refractivity contribution >= 4 is 21.7 Å². The van der Waals surface area contributed by atoms with Crippen molar-refractivity contribution in [2.45, 2.75) is 19.9 Å². The molecule has 0 aliphatic carbocycles. The van der Waals surface area contributed by atoms with Crippen molar-refractivity contribution in [2.24, 2.45) is 0 Å². The number of halogens is 1. The number of ketones is 1. The van der Waals surface area contributed by atoms with Crippen LogP contribution < -0.4 is 0 Å². The number of allylic oxidation sites excluding steroid dienone is 2. The van der Waals surface area contributed by atoms with Crippen LogP contribution in [0.25, 0.3) is 0 Å². The molecule has 0 fully saturated rings. The van der Waals surface area contributed by atoms with Crippen molar-refractivity contribution in [1.82, 2.24) is 14.7 Å². The van der Waals surface area contributed by atoms with Gasteiger partial charge in [-0.2, -0.15) is 5.10 Å². The summed E-state index contributed by atoms with van der Waals surface area (Å²) < 4.78 is 2.49.